The number of aliphatic hydroxyl groups is 1. The van der Waals surface area contributed by atoms with Crippen LogP contribution in [-0.4, -0.2) is 34.3 Å². The molecule has 0 saturated carbocycles. The van der Waals surface area contributed by atoms with Gasteiger partial charge in [0, 0.05) is 25.1 Å². The highest BCUT2D eigenvalue weighted by molar-refractivity contribution is 6.30. The molecule has 1 unspecified atom stereocenters. The van der Waals surface area contributed by atoms with Crippen LogP contribution < -0.4 is 4.90 Å². The molecule has 5 heteroatoms. The summed E-state index contributed by atoms with van der Waals surface area (Å²) in [6, 6.07) is 0. The zero-order valence-electron chi connectivity index (χ0n) is 11.9. The molecule has 0 amide bonds. The van der Waals surface area contributed by atoms with E-state index >= 15 is 0 Å². The summed E-state index contributed by atoms with van der Waals surface area (Å²) in [4.78, 5) is 11.2. The average Bonchev–Trinajstić information content (AvgIpc) is 2.41. The third-order valence-electron chi connectivity index (χ3n) is 3.94. The van der Waals surface area contributed by atoms with E-state index in [0.717, 1.165) is 49.6 Å². The number of aliphatic hydroxyl groups excluding tert-OH is 1. The van der Waals surface area contributed by atoms with Gasteiger partial charge in [-0.2, -0.15) is 0 Å². The Labute approximate surface area is 119 Å². The molecule has 19 heavy (non-hydrogen) atoms. The SMILES string of the molecule is CCc1nc(Cl)c(C)c(N2CCC(C(C)O)CC2)n1. The number of hydrogen-bond acceptors (Lipinski definition) is 4. The van der Waals surface area contributed by atoms with Crippen LogP contribution in [0.25, 0.3) is 0 Å². The largest absolute Gasteiger partial charge is 0.393 e. The van der Waals surface area contributed by atoms with Gasteiger partial charge >= 0.3 is 0 Å². The molecular formula is C14H22ClN3O. The van der Waals surface area contributed by atoms with Crippen molar-refractivity contribution in [1.82, 2.24) is 9.97 Å². The highest BCUT2D eigenvalue weighted by atomic mass is 35.5. The Morgan fingerprint density at radius 3 is 2.53 bits per heavy atom. The lowest BCUT2D eigenvalue weighted by Gasteiger charge is -2.34. The van der Waals surface area contributed by atoms with Crippen molar-refractivity contribution in [2.75, 3.05) is 18.0 Å². The van der Waals surface area contributed by atoms with Gasteiger partial charge in [0.15, 0.2) is 0 Å². The molecule has 0 bridgehead atoms. The summed E-state index contributed by atoms with van der Waals surface area (Å²) in [5.41, 5.74) is 0.953. The smallest absolute Gasteiger partial charge is 0.137 e. The first kappa shape index (κ1) is 14.5. The first-order chi connectivity index (χ1) is 9.02. The molecule has 0 spiro atoms. The van der Waals surface area contributed by atoms with E-state index < -0.39 is 0 Å². The zero-order valence-corrected chi connectivity index (χ0v) is 12.6. The van der Waals surface area contributed by atoms with Crippen molar-refractivity contribution in [2.45, 2.75) is 46.1 Å². The first-order valence-corrected chi connectivity index (χ1v) is 7.36. The predicted molar refractivity (Wildman–Crippen MR) is 77.8 cm³/mol. The Hall–Kier alpha value is -0.870. The van der Waals surface area contributed by atoms with Crippen LogP contribution in [-0.2, 0) is 6.42 Å². The molecule has 1 atom stereocenters. The molecule has 106 valence electrons. The Morgan fingerprint density at radius 2 is 2.00 bits per heavy atom. The van der Waals surface area contributed by atoms with Crippen LogP contribution in [0.1, 0.15) is 38.1 Å². The van der Waals surface area contributed by atoms with E-state index in [9.17, 15) is 5.11 Å². The molecular weight excluding hydrogens is 262 g/mol. The minimum atomic E-state index is -0.219. The maximum atomic E-state index is 9.65. The lowest BCUT2D eigenvalue weighted by atomic mass is 9.92. The molecule has 2 heterocycles. The number of aromatic nitrogens is 2. The van der Waals surface area contributed by atoms with Crippen LogP contribution in [0.5, 0.6) is 0 Å². The molecule has 0 aliphatic carbocycles. The van der Waals surface area contributed by atoms with E-state index in [-0.39, 0.29) is 6.10 Å². The number of halogens is 1. The van der Waals surface area contributed by atoms with Crippen molar-refractivity contribution in [1.29, 1.82) is 0 Å². The van der Waals surface area contributed by atoms with E-state index in [2.05, 4.69) is 14.9 Å². The second-order valence-electron chi connectivity index (χ2n) is 5.30. The van der Waals surface area contributed by atoms with Crippen molar-refractivity contribution in [3.8, 4) is 0 Å². The van der Waals surface area contributed by atoms with Gasteiger partial charge in [-0.1, -0.05) is 18.5 Å². The maximum Gasteiger partial charge on any atom is 0.137 e. The van der Waals surface area contributed by atoms with Crippen LogP contribution in [0.3, 0.4) is 0 Å². The predicted octanol–water partition coefficient (Wildman–Crippen LogP) is 2.60. The Kier molecular flexibility index (Phi) is 4.63. The van der Waals surface area contributed by atoms with E-state index in [0.29, 0.717) is 11.1 Å². The minimum absolute atomic E-state index is 0.219. The van der Waals surface area contributed by atoms with Gasteiger partial charge in [0.2, 0.25) is 0 Å². The molecule has 2 rings (SSSR count). The fourth-order valence-corrected chi connectivity index (χ4v) is 2.76. The summed E-state index contributed by atoms with van der Waals surface area (Å²) in [5.74, 6) is 2.16. The molecule has 1 fully saturated rings. The Morgan fingerprint density at radius 1 is 1.37 bits per heavy atom. The van der Waals surface area contributed by atoms with E-state index in [1.165, 1.54) is 0 Å². The summed E-state index contributed by atoms with van der Waals surface area (Å²) in [5, 5.41) is 10.2. The number of hydrogen-bond donors (Lipinski definition) is 1. The number of rotatable bonds is 3. The monoisotopic (exact) mass is 283 g/mol. The van der Waals surface area contributed by atoms with Crippen molar-refractivity contribution >= 4 is 17.4 Å². The standard InChI is InChI=1S/C14H22ClN3O/c1-4-12-16-13(15)9(2)14(17-12)18-7-5-11(6-8-18)10(3)19/h10-11,19H,4-8H2,1-3H3. The molecule has 1 aliphatic heterocycles. The van der Waals surface area contributed by atoms with Crippen molar-refractivity contribution in [2.24, 2.45) is 5.92 Å². The summed E-state index contributed by atoms with van der Waals surface area (Å²) in [7, 11) is 0. The van der Waals surface area contributed by atoms with Gasteiger partial charge in [0.25, 0.3) is 0 Å². The highest BCUT2D eigenvalue weighted by Gasteiger charge is 2.25. The molecule has 0 radical (unpaired) electrons. The third kappa shape index (κ3) is 3.18. The average molecular weight is 284 g/mol. The third-order valence-corrected chi connectivity index (χ3v) is 4.31. The molecule has 1 aliphatic rings. The van der Waals surface area contributed by atoms with Gasteiger partial charge in [-0.05, 0) is 32.6 Å². The Bertz CT molecular complexity index is 443. The van der Waals surface area contributed by atoms with E-state index in [4.69, 9.17) is 11.6 Å². The van der Waals surface area contributed by atoms with Crippen LogP contribution >= 0.6 is 11.6 Å². The summed E-state index contributed by atoms with van der Waals surface area (Å²) < 4.78 is 0. The quantitative estimate of drug-likeness (QED) is 0.867. The first-order valence-electron chi connectivity index (χ1n) is 6.99. The second-order valence-corrected chi connectivity index (χ2v) is 5.66. The highest BCUT2D eigenvalue weighted by Crippen LogP contribution is 2.28. The number of aryl methyl sites for hydroxylation is 1. The second kappa shape index (κ2) is 6.06. The van der Waals surface area contributed by atoms with Gasteiger partial charge in [0.1, 0.15) is 16.8 Å². The number of anilines is 1. The van der Waals surface area contributed by atoms with Gasteiger partial charge in [-0.15, -0.1) is 0 Å². The molecule has 1 saturated heterocycles. The van der Waals surface area contributed by atoms with Crippen molar-refractivity contribution in [3.05, 3.63) is 16.5 Å². The molecule has 4 nitrogen and oxygen atoms in total. The minimum Gasteiger partial charge on any atom is -0.393 e. The van der Waals surface area contributed by atoms with Crippen LogP contribution in [0.4, 0.5) is 5.82 Å². The Balaban J connectivity index is 2.17. The lowest BCUT2D eigenvalue weighted by Crippen LogP contribution is -2.38. The normalized spacial score (nSPS) is 18.7. The van der Waals surface area contributed by atoms with Gasteiger partial charge in [-0.25, -0.2) is 9.97 Å². The fourth-order valence-electron chi connectivity index (χ4n) is 2.58. The van der Waals surface area contributed by atoms with Gasteiger partial charge in [0.05, 0.1) is 6.10 Å². The van der Waals surface area contributed by atoms with Crippen molar-refractivity contribution < 1.29 is 5.11 Å². The van der Waals surface area contributed by atoms with Gasteiger partial charge < -0.3 is 10.0 Å². The number of piperidine rings is 1. The molecule has 0 aromatic carbocycles. The number of nitrogens with zero attached hydrogens (tertiary/aromatic N) is 3. The fraction of sp³-hybridized carbons (Fsp3) is 0.714. The zero-order chi connectivity index (χ0) is 14.0. The summed E-state index contributed by atoms with van der Waals surface area (Å²) in [6.07, 6.45) is 2.57. The van der Waals surface area contributed by atoms with Crippen LogP contribution in [0.15, 0.2) is 0 Å². The van der Waals surface area contributed by atoms with Crippen LogP contribution in [0.2, 0.25) is 5.15 Å². The molecule has 1 aromatic heterocycles. The molecule has 1 N–H and O–H groups in total. The topological polar surface area (TPSA) is 49.2 Å². The van der Waals surface area contributed by atoms with Crippen molar-refractivity contribution in [3.63, 3.8) is 0 Å². The maximum absolute atomic E-state index is 9.65. The van der Waals surface area contributed by atoms with Crippen LogP contribution in [0, 0.1) is 12.8 Å². The molecule has 1 aromatic rings. The van der Waals surface area contributed by atoms with E-state index in [1.807, 2.05) is 20.8 Å². The lowest BCUT2D eigenvalue weighted by molar-refractivity contribution is 0.109. The summed E-state index contributed by atoms with van der Waals surface area (Å²) in [6.45, 7) is 7.73. The van der Waals surface area contributed by atoms with Gasteiger partial charge in [-0.3, -0.25) is 0 Å². The van der Waals surface area contributed by atoms with E-state index in [1.54, 1.807) is 0 Å². The summed E-state index contributed by atoms with van der Waals surface area (Å²) >= 11 is 6.18.